The van der Waals surface area contributed by atoms with Gasteiger partial charge in [-0.2, -0.15) is 5.10 Å². The van der Waals surface area contributed by atoms with Crippen LogP contribution in [0.5, 0.6) is 0 Å². The topological polar surface area (TPSA) is 51.0 Å². The van der Waals surface area contributed by atoms with Gasteiger partial charge in [0.25, 0.3) is 0 Å². The molecule has 1 amide bonds. The average Bonchev–Trinajstić information content (AvgIpc) is 2.98. The average molecular weight is 274 g/mol. The molecule has 0 bridgehead atoms. The van der Waals surface area contributed by atoms with E-state index < -0.39 is 0 Å². The number of carbonyl (C=O) groups is 1. The van der Waals surface area contributed by atoms with Crippen LogP contribution in [0.1, 0.15) is 23.3 Å². The van der Waals surface area contributed by atoms with Crippen LogP contribution in [0.15, 0.2) is 6.33 Å². The lowest BCUT2D eigenvalue weighted by Crippen LogP contribution is -2.28. The van der Waals surface area contributed by atoms with Crippen molar-refractivity contribution < 1.29 is 4.79 Å². The number of hydrogen-bond donors (Lipinski definition) is 0. The van der Waals surface area contributed by atoms with E-state index >= 15 is 0 Å². The Morgan fingerprint density at radius 2 is 2.16 bits per heavy atom. The summed E-state index contributed by atoms with van der Waals surface area (Å²) in [7, 11) is 1.86. The summed E-state index contributed by atoms with van der Waals surface area (Å²) in [5.74, 6) is 0.927. The summed E-state index contributed by atoms with van der Waals surface area (Å²) in [6.07, 6.45) is 6.24. The Morgan fingerprint density at radius 1 is 1.32 bits per heavy atom. The van der Waals surface area contributed by atoms with Gasteiger partial charge in [-0.25, -0.2) is 9.67 Å². The van der Waals surface area contributed by atoms with E-state index in [4.69, 9.17) is 0 Å². The Kier molecular flexibility index (Phi) is 2.29. The third-order valence-electron chi connectivity index (χ3n) is 3.96. The molecule has 2 aromatic rings. The van der Waals surface area contributed by atoms with E-state index in [0.717, 1.165) is 29.2 Å². The summed E-state index contributed by atoms with van der Waals surface area (Å²) in [5, 5.41) is 5.24. The standard InChI is InChI=1S/C13H14N4OS/c1-16-10(18)6-17-12(14-7-15-17)11-8-4-2-3-5-9(8)19-13(11)16/h7H,2-6H2,1H3. The molecule has 5 nitrogen and oxygen atoms in total. The van der Waals surface area contributed by atoms with Crippen molar-refractivity contribution in [2.24, 2.45) is 0 Å². The first-order valence-electron chi connectivity index (χ1n) is 6.55. The van der Waals surface area contributed by atoms with Gasteiger partial charge in [0.1, 0.15) is 17.9 Å². The molecule has 1 aliphatic heterocycles. The van der Waals surface area contributed by atoms with Gasteiger partial charge in [0.2, 0.25) is 5.91 Å². The predicted molar refractivity (Wildman–Crippen MR) is 73.4 cm³/mol. The highest BCUT2D eigenvalue weighted by Gasteiger charge is 2.31. The molecular formula is C13H14N4OS. The summed E-state index contributed by atoms with van der Waals surface area (Å²) >= 11 is 1.75. The minimum atomic E-state index is 0.0732. The van der Waals surface area contributed by atoms with Crippen molar-refractivity contribution in [2.75, 3.05) is 11.9 Å². The van der Waals surface area contributed by atoms with Gasteiger partial charge in [-0.3, -0.25) is 4.79 Å². The SMILES string of the molecule is CN1C(=O)Cn2ncnc2-c2c1sc1c2CCCC1. The van der Waals surface area contributed by atoms with Gasteiger partial charge in [0, 0.05) is 11.9 Å². The van der Waals surface area contributed by atoms with E-state index in [9.17, 15) is 4.79 Å². The minimum absolute atomic E-state index is 0.0732. The summed E-state index contributed by atoms with van der Waals surface area (Å²) < 4.78 is 1.73. The number of rotatable bonds is 0. The normalized spacial score (nSPS) is 17.7. The number of anilines is 1. The maximum Gasteiger partial charge on any atom is 0.249 e. The van der Waals surface area contributed by atoms with Crippen molar-refractivity contribution in [1.82, 2.24) is 14.8 Å². The van der Waals surface area contributed by atoms with Gasteiger partial charge in [0.05, 0.1) is 5.56 Å². The molecule has 1 aliphatic carbocycles. The number of hydrogen-bond acceptors (Lipinski definition) is 4. The molecule has 0 radical (unpaired) electrons. The van der Waals surface area contributed by atoms with E-state index in [0.29, 0.717) is 0 Å². The number of likely N-dealkylation sites (N-methyl/N-ethyl adjacent to an activating group) is 1. The Morgan fingerprint density at radius 3 is 3.05 bits per heavy atom. The molecule has 3 heterocycles. The van der Waals surface area contributed by atoms with Crippen LogP contribution in [0.2, 0.25) is 0 Å². The number of aryl methyl sites for hydroxylation is 1. The lowest BCUT2D eigenvalue weighted by Gasteiger charge is -2.13. The molecule has 0 spiro atoms. The molecule has 2 aliphatic rings. The maximum atomic E-state index is 12.2. The summed E-state index contributed by atoms with van der Waals surface area (Å²) in [6.45, 7) is 0.280. The number of nitrogens with zero attached hydrogens (tertiary/aromatic N) is 4. The van der Waals surface area contributed by atoms with E-state index in [2.05, 4.69) is 10.1 Å². The molecule has 4 rings (SSSR count). The predicted octanol–water partition coefficient (Wildman–Crippen LogP) is 1.86. The van der Waals surface area contributed by atoms with E-state index in [1.54, 1.807) is 27.2 Å². The van der Waals surface area contributed by atoms with Crippen molar-refractivity contribution in [3.05, 3.63) is 16.8 Å². The van der Waals surface area contributed by atoms with Crippen LogP contribution < -0.4 is 4.90 Å². The zero-order valence-corrected chi connectivity index (χ0v) is 11.5. The Balaban J connectivity index is 2.03. The van der Waals surface area contributed by atoms with Gasteiger partial charge in [-0.1, -0.05) is 0 Å². The molecule has 0 N–H and O–H groups in total. The molecule has 6 heteroatoms. The lowest BCUT2D eigenvalue weighted by molar-refractivity contribution is -0.118. The molecule has 0 saturated heterocycles. The van der Waals surface area contributed by atoms with Gasteiger partial charge in [0.15, 0.2) is 5.82 Å². The Bertz CT molecular complexity index is 672. The zero-order valence-electron chi connectivity index (χ0n) is 10.7. The molecule has 0 unspecified atom stereocenters. The molecule has 98 valence electrons. The molecule has 0 aromatic carbocycles. The Labute approximate surface area is 114 Å². The van der Waals surface area contributed by atoms with Crippen LogP contribution in [0, 0.1) is 0 Å². The van der Waals surface area contributed by atoms with Crippen molar-refractivity contribution >= 4 is 22.2 Å². The molecule has 0 fully saturated rings. The fourth-order valence-electron chi connectivity index (χ4n) is 2.94. The molecule has 0 atom stereocenters. The molecule has 2 aromatic heterocycles. The highest BCUT2D eigenvalue weighted by atomic mass is 32.1. The summed E-state index contributed by atoms with van der Waals surface area (Å²) in [6, 6.07) is 0. The number of thiophene rings is 1. The zero-order chi connectivity index (χ0) is 13.0. The van der Waals surface area contributed by atoms with E-state index in [-0.39, 0.29) is 12.5 Å². The second kappa shape index (κ2) is 3.90. The summed E-state index contributed by atoms with van der Waals surface area (Å²) in [4.78, 5) is 19.8. The number of amides is 1. The first kappa shape index (κ1) is 11.2. The lowest BCUT2D eigenvalue weighted by atomic mass is 9.95. The second-order valence-corrected chi connectivity index (χ2v) is 6.17. The van der Waals surface area contributed by atoms with Crippen molar-refractivity contribution in [2.45, 2.75) is 32.2 Å². The van der Waals surface area contributed by atoms with Gasteiger partial charge < -0.3 is 4.90 Å². The smallest absolute Gasteiger partial charge is 0.249 e. The fourth-order valence-corrected chi connectivity index (χ4v) is 4.30. The first-order valence-corrected chi connectivity index (χ1v) is 7.36. The van der Waals surface area contributed by atoms with Gasteiger partial charge in [-0.05, 0) is 31.2 Å². The molecular weight excluding hydrogens is 260 g/mol. The first-order chi connectivity index (χ1) is 9.25. The highest BCUT2D eigenvalue weighted by molar-refractivity contribution is 7.17. The van der Waals surface area contributed by atoms with Crippen molar-refractivity contribution in [3.63, 3.8) is 0 Å². The van der Waals surface area contributed by atoms with Crippen LogP contribution in [-0.4, -0.2) is 27.7 Å². The maximum absolute atomic E-state index is 12.2. The molecule has 0 saturated carbocycles. The Hall–Kier alpha value is -1.69. The largest absolute Gasteiger partial charge is 0.305 e. The van der Waals surface area contributed by atoms with Crippen molar-refractivity contribution in [3.8, 4) is 11.4 Å². The van der Waals surface area contributed by atoms with E-state index in [1.165, 1.54) is 23.3 Å². The van der Waals surface area contributed by atoms with Crippen LogP contribution in [0.25, 0.3) is 11.4 Å². The third-order valence-corrected chi connectivity index (χ3v) is 5.32. The quantitative estimate of drug-likeness (QED) is 0.737. The monoisotopic (exact) mass is 274 g/mol. The minimum Gasteiger partial charge on any atom is -0.305 e. The van der Waals surface area contributed by atoms with Crippen LogP contribution in [0.3, 0.4) is 0 Å². The highest BCUT2D eigenvalue weighted by Crippen LogP contribution is 2.46. The van der Waals surface area contributed by atoms with Crippen LogP contribution >= 0.6 is 11.3 Å². The molecule has 19 heavy (non-hydrogen) atoms. The van der Waals surface area contributed by atoms with Crippen LogP contribution in [-0.2, 0) is 24.2 Å². The number of carbonyl (C=O) groups excluding carboxylic acids is 1. The van der Waals surface area contributed by atoms with Crippen LogP contribution in [0.4, 0.5) is 5.00 Å². The number of fused-ring (bicyclic) bond motifs is 5. The van der Waals surface area contributed by atoms with Crippen molar-refractivity contribution in [1.29, 1.82) is 0 Å². The fraction of sp³-hybridized carbons (Fsp3) is 0.462. The third kappa shape index (κ3) is 1.49. The van der Waals surface area contributed by atoms with Gasteiger partial charge in [-0.15, -0.1) is 11.3 Å². The number of aromatic nitrogens is 3. The van der Waals surface area contributed by atoms with Gasteiger partial charge >= 0.3 is 0 Å². The van der Waals surface area contributed by atoms with E-state index in [1.807, 2.05) is 7.05 Å². The summed E-state index contributed by atoms with van der Waals surface area (Å²) in [5.41, 5.74) is 2.53. The second-order valence-electron chi connectivity index (χ2n) is 5.09.